The van der Waals surface area contributed by atoms with E-state index in [-0.39, 0.29) is 21.9 Å². The molecule has 2 heterocycles. The summed E-state index contributed by atoms with van der Waals surface area (Å²) in [5, 5.41) is 11.5. The van der Waals surface area contributed by atoms with Gasteiger partial charge in [-0.3, -0.25) is 19.5 Å². The molecule has 2 aromatic carbocycles. The Hall–Kier alpha value is -3.64. The van der Waals surface area contributed by atoms with Crippen molar-refractivity contribution >= 4 is 34.7 Å². The fourth-order valence-corrected chi connectivity index (χ4v) is 4.29. The van der Waals surface area contributed by atoms with E-state index in [1.165, 1.54) is 18.1 Å². The maximum Gasteiger partial charge on any atom is 0.300 e. The van der Waals surface area contributed by atoms with E-state index in [1.807, 2.05) is 24.3 Å². The van der Waals surface area contributed by atoms with Gasteiger partial charge in [0.2, 0.25) is 0 Å². The van der Waals surface area contributed by atoms with E-state index in [2.05, 4.69) is 11.9 Å². The summed E-state index contributed by atoms with van der Waals surface area (Å²) >= 11 is 6.34. The predicted octanol–water partition coefficient (Wildman–Crippen LogP) is 5.71. The lowest BCUT2D eigenvalue weighted by Crippen LogP contribution is -2.29. The van der Waals surface area contributed by atoms with Crippen LogP contribution in [0, 0.1) is 0 Å². The van der Waals surface area contributed by atoms with E-state index < -0.39 is 17.7 Å². The van der Waals surface area contributed by atoms with Gasteiger partial charge in [0.1, 0.15) is 17.6 Å². The smallest absolute Gasteiger partial charge is 0.300 e. The van der Waals surface area contributed by atoms with Crippen LogP contribution in [-0.4, -0.2) is 28.9 Å². The van der Waals surface area contributed by atoms with Gasteiger partial charge in [-0.25, -0.2) is 0 Å². The van der Waals surface area contributed by atoms with Crippen LogP contribution in [0.15, 0.2) is 72.4 Å². The second-order valence-electron chi connectivity index (χ2n) is 8.04. The Labute approximate surface area is 203 Å². The average molecular weight is 477 g/mol. The molecule has 1 atom stereocenters. The van der Waals surface area contributed by atoms with Gasteiger partial charge in [-0.1, -0.05) is 43.1 Å². The summed E-state index contributed by atoms with van der Waals surface area (Å²) in [5.41, 5.74) is 2.29. The van der Waals surface area contributed by atoms with Crippen LogP contribution in [0.2, 0.25) is 5.02 Å². The number of hydrogen-bond acceptors (Lipinski definition) is 5. The van der Waals surface area contributed by atoms with Gasteiger partial charge < -0.3 is 9.84 Å². The van der Waals surface area contributed by atoms with Gasteiger partial charge in [-0.2, -0.15) is 0 Å². The number of Topliss-reactive ketones (excluding diaryl/α,β-unsaturated/α-hetero) is 1. The van der Waals surface area contributed by atoms with E-state index >= 15 is 0 Å². The highest BCUT2D eigenvalue weighted by molar-refractivity contribution is 6.52. The fraction of sp³-hybridized carbons (Fsp3) is 0.222. The number of unbranched alkanes of at least 4 members (excludes halogenated alkanes) is 1. The van der Waals surface area contributed by atoms with E-state index in [0.29, 0.717) is 17.1 Å². The van der Waals surface area contributed by atoms with Gasteiger partial charge in [0, 0.05) is 17.4 Å². The number of pyridine rings is 1. The topological polar surface area (TPSA) is 79.7 Å². The summed E-state index contributed by atoms with van der Waals surface area (Å²) < 4.78 is 5.24. The lowest BCUT2D eigenvalue weighted by Gasteiger charge is -2.25. The van der Waals surface area contributed by atoms with Crippen molar-refractivity contribution in [1.82, 2.24) is 4.98 Å². The van der Waals surface area contributed by atoms with Crippen molar-refractivity contribution in [3.8, 4) is 5.75 Å². The normalized spacial score (nSPS) is 17.3. The van der Waals surface area contributed by atoms with E-state index in [1.54, 1.807) is 36.5 Å². The number of amides is 1. The van der Waals surface area contributed by atoms with Gasteiger partial charge in [0.25, 0.3) is 11.7 Å². The van der Waals surface area contributed by atoms with Crippen molar-refractivity contribution in [1.29, 1.82) is 0 Å². The number of benzene rings is 2. The van der Waals surface area contributed by atoms with Crippen molar-refractivity contribution in [2.24, 2.45) is 0 Å². The Morgan fingerprint density at radius 1 is 1.12 bits per heavy atom. The molecule has 0 spiro atoms. The third-order valence-corrected chi connectivity index (χ3v) is 6.20. The molecule has 1 amide bonds. The van der Waals surface area contributed by atoms with Crippen LogP contribution in [0.3, 0.4) is 0 Å². The maximum absolute atomic E-state index is 13.3. The average Bonchev–Trinajstić information content (AvgIpc) is 3.14. The first kappa shape index (κ1) is 23.5. The molecule has 1 aliphatic heterocycles. The summed E-state index contributed by atoms with van der Waals surface area (Å²) in [4.78, 5) is 32.3. The second-order valence-corrected chi connectivity index (χ2v) is 8.45. The minimum absolute atomic E-state index is 0.0751. The van der Waals surface area contributed by atoms with Gasteiger partial charge in [0.05, 0.1) is 23.4 Å². The molecule has 1 N–H and O–H groups in total. The zero-order valence-corrected chi connectivity index (χ0v) is 19.7. The van der Waals surface area contributed by atoms with Crippen LogP contribution in [-0.2, 0) is 16.0 Å². The van der Waals surface area contributed by atoms with Crippen molar-refractivity contribution in [3.63, 3.8) is 0 Å². The fourth-order valence-electron chi connectivity index (χ4n) is 4.08. The number of methoxy groups -OCH3 is 1. The van der Waals surface area contributed by atoms with Gasteiger partial charge in [-0.15, -0.1) is 0 Å². The molecule has 4 rings (SSSR count). The molecule has 0 radical (unpaired) electrons. The van der Waals surface area contributed by atoms with Crippen molar-refractivity contribution in [2.45, 2.75) is 32.2 Å². The molecule has 174 valence electrons. The monoisotopic (exact) mass is 476 g/mol. The molecule has 0 saturated carbocycles. The zero-order valence-electron chi connectivity index (χ0n) is 19.0. The number of ether oxygens (including phenoxy) is 1. The molecule has 6 nitrogen and oxygen atoms in total. The number of aliphatic hydroxyl groups is 1. The summed E-state index contributed by atoms with van der Waals surface area (Å²) in [7, 11) is 1.49. The number of carbonyl (C=O) groups is 2. The number of aromatic nitrogens is 1. The molecule has 1 unspecified atom stereocenters. The van der Waals surface area contributed by atoms with Gasteiger partial charge in [-0.05, 0) is 60.9 Å². The molecular weight excluding hydrogens is 452 g/mol. The zero-order chi connectivity index (χ0) is 24.2. The number of anilines is 1. The highest BCUT2D eigenvalue weighted by Crippen LogP contribution is 2.42. The summed E-state index contributed by atoms with van der Waals surface area (Å²) in [6, 6.07) is 16.6. The molecule has 1 aromatic heterocycles. The van der Waals surface area contributed by atoms with Crippen LogP contribution >= 0.6 is 11.6 Å². The van der Waals surface area contributed by atoms with E-state index in [9.17, 15) is 14.7 Å². The number of nitrogens with zero attached hydrogens (tertiary/aromatic N) is 2. The standard InChI is InChI=1S/C27H25ClN2O4/c1-3-4-7-17-9-11-18(12-10-17)30-24(22-8-5-6-15-29-22)23(26(32)27(30)33)25(31)20-16-19(34-2)13-14-21(20)28/h5-6,8-16,24,31H,3-4,7H2,1-2H3/b25-23+. The van der Waals surface area contributed by atoms with Gasteiger partial charge >= 0.3 is 0 Å². The first-order valence-corrected chi connectivity index (χ1v) is 11.5. The number of halogens is 1. The first-order chi connectivity index (χ1) is 16.5. The third kappa shape index (κ3) is 4.41. The maximum atomic E-state index is 13.3. The van der Waals surface area contributed by atoms with Crippen molar-refractivity contribution < 1.29 is 19.4 Å². The van der Waals surface area contributed by atoms with Crippen LogP contribution in [0.5, 0.6) is 5.75 Å². The first-order valence-electron chi connectivity index (χ1n) is 11.1. The highest BCUT2D eigenvalue weighted by Gasteiger charge is 2.47. The Morgan fingerprint density at radius 3 is 2.53 bits per heavy atom. The molecule has 0 bridgehead atoms. The van der Waals surface area contributed by atoms with Crippen molar-refractivity contribution in [2.75, 3.05) is 12.0 Å². The summed E-state index contributed by atoms with van der Waals surface area (Å²) in [6.45, 7) is 2.13. The third-order valence-electron chi connectivity index (χ3n) is 5.87. The van der Waals surface area contributed by atoms with Crippen LogP contribution in [0.4, 0.5) is 5.69 Å². The molecule has 0 aliphatic carbocycles. The van der Waals surface area contributed by atoms with E-state index in [0.717, 1.165) is 24.8 Å². The Morgan fingerprint density at radius 2 is 1.88 bits per heavy atom. The second kappa shape index (κ2) is 10.1. The predicted molar refractivity (Wildman–Crippen MR) is 132 cm³/mol. The van der Waals surface area contributed by atoms with Crippen LogP contribution < -0.4 is 9.64 Å². The molecular formula is C27H25ClN2O4. The molecule has 34 heavy (non-hydrogen) atoms. The van der Waals surface area contributed by atoms with E-state index in [4.69, 9.17) is 16.3 Å². The summed E-state index contributed by atoms with van der Waals surface area (Å²) in [6.07, 6.45) is 4.68. The Balaban J connectivity index is 1.87. The number of hydrogen-bond donors (Lipinski definition) is 1. The lowest BCUT2D eigenvalue weighted by atomic mass is 9.98. The van der Waals surface area contributed by atoms with Crippen LogP contribution in [0.25, 0.3) is 5.76 Å². The SMILES string of the molecule is CCCCc1ccc(N2C(=O)C(=O)/C(=C(/O)c3cc(OC)ccc3Cl)C2c2ccccn2)cc1. The number of aliphatic hydroxyl groups excluding tert-OH is 1. The molecule has 1 aliphatic rings. The molecule has 3 aromatic rings. The highest BCUT2D eigenvalue weighted by atomic mass is 35.5. The van der Waals surface area contributed by atoms with Crippen LogP contribution in [0.1, 0.15) is 42.6 Å². The molecule has 1 fully saturated rings. The Kier molecular flexibility index (Phi) is 6.98. The quantitative estimate of drug-likeness (QED) is 0.268. The number of carbonyl (C=O) groups excluding carboxylic acids is 2. The Bertz CT molecular complexity index is 1240. The largest absolute Gasteiger partial charge is 0.507 e. The molecule has 1 saturated heterocycles. The summed E-state index contributed by atoms with van der Waals surface area (Å²) in [5.74, 6) is -1.46. The number of rotatable bonds is 7. The molecule has 7 heteroatoms. The number of aryl methyl sites for hydroxylation is 1. The lowest BCUT2D eigenvalue weighted by molar-refractivity contribution is -0.132. The number of ketones is 1. The minimum Gasteiger partial charge on any atom is -0.507 e. The van der Waals surface area contributed by atoms with Gasteiger partial charge in [0.15, 0.2) is 0 Å². The van der Waals surface area contributed by atoms with Crippen molar-refractivity contribution in [3.05, 3.63) is 94.3 Å². The minimum atomic E-state index is -0.912.